The van der Waals surface area contributed by atoms with Crippen LogP contribution in [0.3, 0.4) is 0 Å². The molecule has 0 unspecified atom stereocenters. The molecule has 5 nitrogen and oxygen atoms in total. The monoisotopic (exact) mass is 429 g/mol. The molecule has 1 aliphatic rings. The van der Waals surface area contributed by atoms with Crippen molar-refractivity contribution >= 4 is 5.91 Å². The first-order valence-corrected chi connectivity index (χ1v) is 11.2. The summed E-state index contributed by atoms with van der Waals surface area (Å²) in [6.07, 6.45) is 0. The molecule has 1 N–H and O–H groups in total. The van der Waals surface area contributed by atoms with Gasteiger partial charge in [0.15, 0.2) is 0 Å². The molecule has 5 heteroatoms. The van der Waals surface area contributed by atoms with E-state index in [1.54, 1.807) is 7.11 Å². The van der Waals surface area contributed by atoms with Crippen LogP contribution in [0.5, 0.6) is 5.75 Å². The molecule has 0 spiro atoms. The van der Waals surface area contributed by atoms with E-state index in [9.17, 15) is 4.79 Å². The minimum Gasteiger partial charge on any atom is -0.496 e. The van der Waals surface area contributed by atoms with Crippen LogP contribution in [0.4, 0.5) is 0 Å². The van der Waals surface area contributed by atoms with Crippen LogP contribution in [-0.2, 0) is 19.6 Å². The predicted octanol–water partition coefficient (Wildman–Crippen LogP) is 3.94. The molecule has 1 amide bonds. The second-order valence-corrected chi connectivity index (χ2v) is 8.23. The Labute approximate surface area is 190 Å². The number of rotatable bonds is 8. The van der Waals surface area contributed by atoms with Crippen LogP contribution in [0.2, 0.25) is 0 Å². The summed E-state index contributed by atoms with van der Waals surface area (Å²) in [5.41, 5.74) is 4.26. The third kappa shape index (κ3) is 5.96. The lowest BCUT2D eigenvalue weighted by Gasteiger charge is -2.34. The summed E-state index contributed by atoms with van der Waals surface area (Å²) in [6.45, 7) is 6.67. The number of benzene rings is 3. The molecule has 1 heterocycles. The van der Waals surface area contributed by atoms with Gasteiger partial charge in [-0.05, 0) is 29.3 Å². The van der Waals surface area contributed by atoms with Gasteiger partial charge in [0.1, 0.15) is 5.75 Å². The minimum atomic E-state index is -0.0722. The Kier molecular flexibility index (Phi) is 7.54. The van der Waals surface area contributed by atoms with E-state index in [0.29, 0.717) is 12.1 Å². The van der Waals surface area contributed by atoms with Crippen LogP contribution in [-0.4, -0.2) is 49.0 Å². The molecular formula is C27H31N3O2. The van der Waals surface area contributed by atoms with E-state index in [0.717, 1.165) is 50.6 Å². The van der Waals surface area contributed by atoms with E-state index in [1.807, 2.05) is 36.4 Å². The van der Waals surface area contributed by atoms with Crippen LogP contribution in [0, 0.1) is 0 Å². The lowest BCUT2D eigenvalue weighted by Crippen LogP contribution is -2.45. The number of hydrogen-bond acceptors (Lipinski definition) is 4. The lowest BCUT2D eigenvalue weighted by molar-refractivity contribution is 0.0950. The summed E-state index contributed by atoms with van der Waals surface area (Å²) < 4.78 is 5.35. The highest BCUT2D eigenvalue weighted by Crippen LogP contribution is 2.17. The Bertz CT molecular complexity index is 997. The molecule has 0 radical (unpaired) electrons. The fourth-order valence-corrected chi connectivity index (χ4v) is 4.09. The first kappa shape index (κ1) is 22.1. The van der Waals surface area contributed by atoms with Gasteiger partial charge in [-0.1, -0.05) is 60.7 Å². The molecule has 0 aliphatic carbocycles. The number of ether oxygens (including phenoxy) is 1. The normalized spacial score (nSPS) is 14.8. The zero-order valence-electron chi connectivity index (χ0n) is 18.7. The molecule has 3 aromatic carbocycles. The fourth-order valence-electron chi connectivity index (χ4n) is 4.09. The van der Waals surface area contributed by atoms with Crippen molar-refractivity contribution in [3.63, 3.8) is 0 Å². The first-order valence-electron chi connectivity index (χ1n) is 11.2. The molecule has 32 heavy (non-hydrogen) atoms. The van der Waals surface area contributed by atoms with Gasteiger partial charge in [-0.15, -0.1) is 0 Å². The van der Waals surface area contributed by atoms with Crippen molar-refractivity contribution in [2.45, 2.75) is 19.6 Å². The highest BCUT2D eigenvalue weighted by Gasteiger charge is 2.17. The standard InChI is InChI=1S/C27H31N3O2/c1-32-26-10-6-5-9-25(26)19-28-27(31)24-13-11-23(12-14-24)21-30-17-15-29(16-18-30)20-22-7-3-2-4-8-22/h2-14H,15-21H2,1H3,(H,28,31). The quantitative estimate of drug-likeness (QED) is 0.589. The number of carbonyl (C=O) groups excluding carboxylic acids is 1. The number of para-hydroxylation sites is 1. The SMILES string of the molecule is COc1ccccc1CNC(=O)c1ccc(CN2CCN(Cc3ccccc3)CC2)cc1. The number of methoxy groups -OCH3 is 1. The largest absolute Gasteiger partial charge is 0.496 e. The van der Waals surface area contributed by atoms with Crippen LogP contribution in [0.25, 0.3) is 0 Å². The summed E-state index contributed by atoms with van der Waals surface area (Å²) in [4.78, 5) is 17.5. The summed E-state index contributed by atoms with van der Waals surface area (Å²) in [5, 5.41) is 2.98. The van der Waals surface area contributed by atoms with Crippen LogP contribution >= 0.6 is 0 Å². The third-order valence-corrected chi connectivity index (χ3v) is 5.97. The smallest absolute Gasteiger partial charge is 0.251 e. The Morgan fingerprint density at radius 3 is 1.97 bits per heavy atom. The summed E-state index contributed by atoms with van der Waals surface area (Å²) in [5.74, 6) is 0.712. The second-order valence-electron chi connectivity index (χ2n) is 8.23. The number of hydrogen-bond donors (Lipinski definition) is 1. The average Bonchev–Trinajstić information content (AvgIpc) is 2.85. The molecule has 4 rings (SSSR count). The maximum atomic E-state index is 12.5. The van der Waals surface area contributed by atoms with E-state index < -0.39 is 0 Å². The van der Waals surface area contributed by atoms with E-state index in [2.05, 4.69) is 57.6 Å². The molecule has 0 atom stereocenters. The van der Waals surface area contributed by atoms with Crippen molar-refractivity contribution in [1.82, 2.24) is 15.1 Å². The molecular weight excluding hydrogens is 398 g/mol. The lowest BCUT2D eigenvalue weighted by atomic mass is 10.1. The second kappa shape index (κ2) is 10.9. The van der Waals surface area contributed by atoms with Crippen molar-refractivity contribution in [2.24, 2.45) is 0 Å². The number of piperazine rings is 1. The van der Waals surface area contributed by atoms with Gasteiger partial charge in [0, 0.05) is 56.9 Å². The van der Waals surface area contributed by atoms with Crippen molar-refractivity contribution in [1.29, 1.82) is 0 Å². The zero-order valence-corrected chi connectivity index (χ0v) is 18.7. The maximum absolute atomic E-state index is 12.5. The molecule has 0 bridgehead atoms. The van der Waals surface area contributed by atoms with Gasteiger partial charge < -0.3 is 10.1 Å². The highest BCUT2D eigenvalue weighted by molar-refractivity contribution is 5.94. The first-order chi connectivity index (χ1) is 15.7. The Morgan fingerprint density at radius 2 is 1.34 bits per heavy atom. The van der Waals surface area contributed by atoms with E-state index in [-0.39, 0.29) is 5.91 Å². The average molecular weight is 430 g/mol. The Balaban J connectivity index is 1.24. The molecule has 166 valence electrons. The van der Waals surface area contributed by atoms with Gasteiger partial charge in [-0.3, -0.25) is 14.6 Å². The van der Waals surface area contributed by atoms with E-state index >= 15 is 0 Å². The van der Waals surface area contributed by atoms with Crippen LogP contribution in [0.15, 0.2) is 78.9 Å². The molecule has 0 aromatic heterocycles. The van der Waals surface area contributed by atoms with Crippen molar-refractivity contribution in [3.05, 3.63) is 101 Å². The fraction of sp³-hybridized carbons (Fsp3) is 0.296. The maximum Gasteiger partial charge on any atom is 0.251 e. The number of nitrogens with one attached hydrogen (secondary N) is 1. The van der Waals surface area contributed by atoms with Crippen LogP contribution < -0.4 is 10.1 Å². The summed E-state index contributed by atoms with van der Waals surface area (Å²) >= 11 is 0. The number of amides is 1. The third-order valence-electron chi connectivity index (χ3n) is 5.97. The van der Waals surface area contributed by atoms with E-state index in [4.69, 9.17) is 4.74 Å². The summed E-state index contributed by atoms with van der Waals surface area (Å²) in [7, 11) is 1.64. The molecule has 1 saturated heterocycles. The molecule has 1 aliphatic heterocycles. The topological polar surface area (TPSA) is 44.8 Å². The highest BCUT2D eigenvalue weighted by atomic mass is 16.5. The predicted molar refractivity (Wildman–Crippen MR) is 128 cm³/mol. The zero-order chi connectivity index (χ0) is 22.2. The van der Waals surface area contributed by atoms with Gasteiger partial charge in [0.2, 0.25) is 0 Å². The van der Waals surface area contributed by atoms with Gasteiger partial charge in [-0.25, -0.2) is 0 Å². The van der Waals surface area contributed by atoms with Gasteiger partial charge in [-0.2, -0.15) is 0 Å². The molecule has 3 aromatic rings. The molecule has 1 fully saturated rings. The number of nitrogens with zero attached hydrogens (tertiary/aromatic N) is 2. The van der Waals surface area contributed by atoms with Crippen molar-refractivity contribution in [3.8, 4) is 5.75 Å². The van der Waals surface area contributed by atoms with Gasteiger partial charge in [0.05, 0.1) is 7.11 Å². The van der Waals surface area contributed by atoms with E-state index in [1.165, 1.54) is 11.1 Å². The van der Waals surface area contributed by atoms with Crippen LogP contribution in [0.1, 0.15) is 27.0 Å². The van der Waals surface area contributed by atoms with Gasteiger partial charge in [0.25, 0.3) is 5.91 Å². The van der Waals surface area contributed by atoms with Crippen molar-refractivity contribution < 1.29 is 9.53 Å². The summed E-state index contributed by atoms with van der Waals surface area (Å²) in [6, 6.07) is 26.4. The number of carbonyl (C=O) groups is 1. The van der Waals surface area contributed by atoms with Crippen molar-refractivity contribution in [2.75, 3.05) is 33.3 Å². The minimum absolute atomic E-state index is 0.0722. The van der Waals surface area contributed by atoms with Gasteiger partial charge >= 0.3 is 0 Å². The Morgan fingerprint density at radius 1 is 0.781 bits per heavy atom. The Hall–Kier alpha value is -3.15. The molecule has 0 saturated carbocycles.